The third-order valence-corrected chi connectivity index (χ3v) is 3.52. The van der Waals surface area contributed by atoms with Gasteiger partial charge in [0.25, 0.3) is 5.91 Å². The van der Waals surface area contributed by atoms with E-state index in [1.54, 1.807) is 44.6 Å². The highest BCUT2D eigenvalue weighted by Crippen LogP contribution is 2.29. The summed E-state index contributed by atoms with van der Waals surface area (Å²) in [5, 5.41) is 2.85. The van der Waals surface area contributed by atoms with E-state index in [0.29, 0.717) is 22.7 Å². The number of amides is 1. The van der Waals surface area contributed by atoms with Gasteiger partial charge in [0.05, 0.1) is 30.9 Å². The van der Waals surface area contributed by atoms with Crippen LogP contribution >= 0.6 is 0 Å². The third-order valence-electron chi connectivity index (χ3n) is 3.52. The highest BCUT2D eigenvalue weighted by Gasteiger charge is 2.12. The van der Waals surface area contributed by atoms with Gasteiger partial charge in [0.2, 0.25) is 0 Å². The van der Waals surface area contributed by atoms with Crippen LogP contribution in [0.15, 0.2) is 36.4 Å². The molecule has 0 saturated heterocycles. The number of aromatic amines is 1. The van der Waals surface area contributed by atoms with Crippen LogP contribution in [0, 0.1) is 6.92 Å². The Labute approximate surface area is 133 Å². The minimum Gasteiger partial charge on any atom is -0.497 e. The molecule has 3 rings (SSSR count). The molecule has 2 aromatic carbocycles. The number of rotatable bonds is 4. The molecule has 0 unspecified atom stereocenters. The standard InChI is InChI=1S/C17H17N3O3/c1-10-18-13-6-4-11(8-15(13)19-10)17(21)20-14-7-5-12(22-2)9-16(14)23-3/h4-9H,1-3H3,(H,18,19)(H,20,21). The number of aromatic nitrogens is 2. The molecular weight excluding hydrogens is 294 g/mol. The molecule has 0 atom stereocenters. The fourth-order valence-electron chi connectivity index (χ4n) is 2.37. The molecule has 0 aliphatic rings. The highest BCUT2D eigenvalue weighted by molar-refractivity contribution is 6.06. The molecule has 0 fully saturated rings. The average Bonchev–Trinajstić information content (AvgIpc) is 2.94. The van der Waals surface area contributed by atoms with E-state index >= 15 is 0 Å². The molecule has 0 bridgehead atoms. The van der Waals surface area contributed by atoms with Crippen molar-refractivity contribution in [3.05, 3.63) is 47.8 Å². The topological polar surface area (TPSA) is 76.2 Å². The Morgan fingerprint density at radius 2 is 1.96 bits per heavy atom. The van der Waals surface area contributed by atoms with Crippen molar-refractivity contribution in [2.24, 2.45) is 0 Å². The summed E-state index contributed by atoms with van der Waals surface area (Å²) in [5.74, 6) is 1.79. The maximum Gasteiger partial charge on any atom is 0.255 e. The molecular formula is C17H17N3O3. The van der Waals surface area contributed by atoms with Gasteiger partial charge in [0, 0.05) is 11.6 Å². The lowest BCUT2D eigenvalue weighted by atomic mass is 10.2. The number of benzene rings is 2. The number of carbonyl (C=O) groups excluding carboxylic acids is 1. The second kappa shape index (κ2) is 6.00. The predicted molar refractivity (Wildman–Crippen MR) is 88.3 cm³/mol. The third kappa shape index (κ3) is 2.96. The number of fused-ring (bicyclic) bond motifs is 1. The molecule has 0 aliphatic heterocycles. The molecule has 1 amide bonds. The second-order valence-corrected chi connectivity index (χ2v) is 5.07. The summed E-state index contributed by atoms with van der Waals surface area (Å²) in [6.45, 7) is 1.88. The van der Waals surface area contributed by atoms with Crippen molar-refractivity contribution in [3.8, 4) is 11.5 Å². The Kier molecular flexibility index (Phi) is 3.89. The summed E-state index contributed by atoms with van der Waals surface area (Å²) in [7, 11) is 3.12. The van der Waals surface area contributed by atoms with E-state index in [2.05, 4.69) is 15.3 Å². The van der Waals surface area contributed by atoms with E-state index in [0.717, 1.165) is 16.9 Å². The number of carbonyl (C=O) groups is 1. The number of nitrogens with zero attached hydrogens (tertiary/aromatic N) is 1. The molecule has 2 N–H and O–H groups in total. The molecule has 0 saturated carbocycles. The Hall–Kier alpha value is -3.02. The SMILES string of the molecule is COc1ccc(NC(=O)c2ccc3nc(C)[nH]c3c2)c(OC)c1. The molecule has 3 aromatic rings. The zero-order valence-corrected chi connectivity index (χ0v) is 13.1. The summed E-state index contributed by atoms with van der Waals surface area (Å²) in [6, 6.07) is 10.6. The summed E-state index contributed by atoms with van der Waals surface area (Å²) in [4.78, 5) is 19.9. The first-order chi connectivity index (χ1) is 11.1. The van der Waals surface area contributed by atoms with Gasteiger partial charge >= 0.3 is 0 Å². The van der Waals surface area contributed by atoms with E-state index in [-0.39, 0.29) is 5.91 Å². The summed E-state index contributed by atoms with van der Waals surface area (Å²) in [6.07, 6.45) is 0. The number of H-pyrrole nitrogens is 1. The summed E-state index contributed by atoms with van der Waals surface area (Å²) < 4.78 is 10.4. The molecule has 0 radical (unpaired) electrons. The number of aryl methyl sites for hydroxylation is 1. The molecule has 23 heavy (non-hydrogen) atoms. The Morgan fingerprint density at radius 1 is 1.13 bits per heavy atom. The van der Waals surface area contributed by atoms with Crippen molar-refractivity contribution in [2.75, 3.05) is 19.5 Å². The Balaban J connectivity index is 1.87. The first-order valence-corrected chi connectivity index (χ1v) is 7.10. The highest BCUT2D eigenvalue weighted by atomic mass is 16.5. The van der Waals surface area contributed by atoms with Crippen LogP contribution in [0.5, 0.6) is 11.5 Å². The van der Waals surface area contributed by atoms with E-state index in [9.17, 15) is 4.79 Å². The quantitative estimate of drug-likeness (QED) is 0.776. The van der Waals surface area contributed by atoms with Crippen molar-refractivity contribution in [1.29, 1.82) is 0 Å². The maximum absolute atomic E-state index is 12.5. The molecule has 0 spiro atoms. The van der Waals surface area contributed by atoms with Crippen LogP contribution in [0.4, 0.5) is 5.69 Å². The van der Waals surface area contributed by atoms with E-state index < -0.39 is 0 Å². The summed E-state index contributed by atoms with van der Waals surface area (Å²) >= 11 is 0. The first-order valence-electron chi connectivity index (χ1n) is 7.10. The Morgan fingerprint density at radius 3 is 2.70 bits per heavy atom. The van der Waals surface area contributed by atoms with Crippen LogP contribution in [-0.4, -0.2) is 30.1 Å². The number of hydrogen-bond acceptors (Lipinski definition) is 4. The fraction of sp³-hybridized carbons (Fsp3) is 0.176. The lowest BCUT2D eigenvalue weighted by Crippen LogP contribution is -2.12. The fourth-order valence-corrected chi connectivity index (χ4v) is 2.37. The van der Waals surface area contributed by atoms with Crippen LogP contribution in [0.25, 0.3) is 11.0 Å². The molecule has 6 heteroatoms. The monoisotopic (exact) mass is 311 g/mol. The second-order valence-electron chi connectivity index (χ2n) is 5.07. The maximum atomic E-state index is 12.5. The van der Waals surface area contributed by atoms with E-state index in [1.807, 2.05) is 13.0 Å². The molecule has 1 heterocycles. The van der Waals surface area contributed by atoms with Gasteiger partial charge in [-0.3, -0.25) is 4.79 Å². The zero-order valence-electron chi connectivity index (χ0n) is 13.1. The van der Waals surface area contributed by atoms with Crippen molar-refractivity contribution in [1.82, 2.24) is 9.97 Å². The van der Waals surface area contributed by atoms with Crippen LogP contribution in [0.2, 0.25) is 0 Å². The number of hydrogen-bond donors (Lipinski definition) is 2. The largest absolute Gasteiger partial charge is 0.497 e. The van der Waals surface area contributed by atoms with Gasteiger partial charge in [0.15, 0.2) is 0 Å². The number of nitrogens with one attached hydrogen (secondary N) is 2. The van der Waals surface area contributed by atoms with Crippen LogP contribution < -0.4 is 14.8 Å². The average molecular weight is 311 g/mol. The van der Waals surface area contributed by atoms with Crippen molar-refractivity contribution in [2.45, 2.75) is 6.92 Å². The zero-order chi connectivity index (χ0) is 16.4. The number of ether oxygens (including phenoxy) is 2. The lowest BCUT2D eigenvalue weighted by molar-refractivity contribution is 0.102. The number of anilines is 1. The van der Waals surface area contributed by atoms with Crippen LogP contribution in [0.1, 0.15) is 16.2 Å². The van der Waals surface area contributed by atoms with Crippen molar-refractivity contribution in [3.63, 3.8) is 0 Å². The van der Waals surface area contributed by atoms with E-state index in [4.69, 9.17) is 9.47 Å². The van der Waals surface area contributed by atoms with Crippen molar-refractivity contribution >= 4 is 22.6 Å². The lowest BCUT2D eigenvalue weighted by Gasteiger charge is -2.11. The summed E-state index contributed by atoms with van der Waals surface area (Å²) in [5.41, 5.74) is 2.79. The molecule has 0 aliphatic carbocycles. The number of methoxy groups -OCH3 is 2. The molecule has 6 nitrogen and oxygen atoms in total. The minimum absolute atomic E-state index is 0.220. The van der Waals surface area contributed by atoms with Gasteiger partial charge in [0.1, 0.15) is 17.3 Å². The molecule has 1 aromatic heterocycles. The number of imidazole rings is 1. The predicted octanol–water partition coefficient (Wildman–Crippen LogP) is 3.14. The van der Waals surface area contributed by atoms with Gasteiger partial charge in [-0.15, -0.1) is 0 Å². The molecule has 118 valence electrons. The van der Waals surface area contributed by atoms with Gasteiger partial charge in [-0.1, -0.05) is 0 Å². The van der Waals surface area contributed by atoms with Crippen molar-refractivity contribution < 1.29 is 14.3 Å². The normalized spacial score (nSPS) is 10.6. The van der Waals surface area contributed by atoms with Crippen LogP contribution in [0.3, 0.4) is 0 Å². The van der Waals surface area contributed by atoms with Crippen LogP contribution in [-0.2, 0) is 0 Å². The smallest absolute Gasteiger partial charge is 0.255 e. The van der Waals surface area contributed by atoms with Gasteiger partial charge in [-0.2, -0.15) is 0 Å². The first kappa shape index (κ1) is 14.9. The minimum atomic E-state index is -0.220. The van der Waals surface area contributed by atoms with Gasteiger partial charge in [-0.05, 0) is 37.3 Å². The Bertz CT molecular complexity index is 871. The van der Waals surface area contributed by atoms with Gasteiger partial charge in [-0.25, -0.2) is 4.98 Å². The van der Waals surface area contributed by atoms with Gasteiger partial charge < -0.3 is 19.8 Å². The van der Waals surface area contributed by atoms with E-state index in [1.165, 1.54) is 0 Å².